The minimum absolute atomic E-state index is 0.0410. The third-order valence-electron chi connectivity index (χ3n) is 5.32. The number of aromatic nitrogens is 7. The first-order valence-electron chi connectivity index (χ1n) is 10.8. The number of tetrazole rings is 1. The maximum atomic E-state index is 13.0. The molecule has 31 heavy (non-hydrogen) atoms. The van der Waals surface area contributed by atoms with E-state index in [1.807, 2.05) is 51.7 Å². The second kappa shape index (κ2) is 9.51. The lowest BCUT2D eigenvalue weighted by molar-refractivity contribution is 0.613. The summed E-state index contributed by atoms with van der Waals surface area (Å²) in [6.45, 7) is 5.46. The van der Waals surface area contributed by atoms with Gasteiger partial charge in [0.15, 0.2) is 0 Å². The SMILES string of the molecule is CCCCc1cn(CCC)c(=O)n1Cc1cc(-c2cccc(-c3nn[nH]n3)c2)ccn1. The van der Waals surface area contributed by atoms with Gasteiger partial charge in [-0.25, -0.2) is 4.79 Å². The van der Waals surface area contributed by atoms with E-state index in [0.29, 0.717) is 12.4 Å². The number of H-pyrrole nitrogens is 1. The van der Waals surface area contributed by atoms with E-state index in [-0.39, 0.29) is 5.69 Å². The van der Waals surface area contributed by atoms with Gasteiger partial charge in [-0.15, -0.1) is 10.2 Å². The van der Waals surface area contributed by atoms with Crippen molar-refractivity contribution < 1.29 is 0 Å². The average molecular weight is 418 g/mol. The molecule has 3 heterocycles. The number of aryl methyl sites for hydroxylation is 2. The number of nitrogens with one attached hydrogen (secondary N) is 1. The van der Waals surface area contributed by atoms with Crippen LogP contribution in [0.1, 0.15) is 44.5 Å². The van der Waals surface area contributed by atoms with E-state index >= 15 is 0 Å². The molecule has 0 unspecified atom stereocenters. The molecule has 0 saturated carbocycles. The van der Waals surface area contributed by atoms with Crippen molar-refractivity contribution in [3.63, 3.8) is 0 Å². The summed E-state index contributed by atoms with van der Waals surface area (Å²) in [6.07, 6.45) is 7.80. The van der Waals surface area contributed by atoms with Gasteiger partial charge < -0.3 is 0 Å². The molecule has 4 aromatic rings. The number of benzene rings is 1. The van der Waals surface area contributed by atoms with Gasteiger partial charge in [0.25, 0.3) is 0 Å². The molecule has 0 amide bonds. The topological polar surface area (TPSA) is 94.3 Å². The Hall–Kier alpha value is -3.55. The Bertz CT molecular complexity index is 1190. The minimum atomic E-state index is 0.0410. The summed E-state index contributed by atoms with van der Waals surface area (Å²) in [5.74, 6) is 0.556. The Labute approximate surface area is 181 Å². The van der Waals surface area contributed by atoms with E-state index in [1.165, 1.54) is 0 Å². The Morgan fingerprint density at radius 2 is 1.87 bits per heavy atom. The molecule has 0 aliphatic rings. The number of hydrogen-bond donors (Lipinski definition) is 1. The highest BCUT2D eigenvalue weighted by atomic mass is 16.1. The highest BCUT2D eigenvalue weighted by molar-refractivity contribution is 5.70. The number of pyridine rings is 1. The normalized spacial score (nSPS) is 11.2. The predicted molar refractivity (Wildman–Crippen MR) is 120 cm³/mol. The molecular weight excluding hydrogens is 390 g/mol. The van der Waals surface area contributed by atoms with Gasteiger partial charge >= 0.3 is 5.69 Å². The second-order valence-electron chi connectivity index (χ2n) is 7.64. The van der Waals surface area contributed by atoms with Crippen LogP contribution in [0.2, 0.25) is 0 Å². The Morgan fingerprint density at radius 3 is 2.65 bits per heavy atom. The van der Waals surface area contributed by atoms with E-state index < -0.39 is 0 Å². The zero-order valence-electron chi connectivity index (χ0n) is 18.0. The zero-order valence-corrected chi connectivity index (χ0v) is 18.0. The summed E-state index contributed by atoms with van der Waals surface area (Å²) in [4.78, 5) is 17.5. The number of aromatic amines is 1. The Kier molecular flexibility index (Phi) is 6.35. The monoisotopic (exact) mass is 417 g/mol. The van der Waals surface area contributed by atoms with Crippen LogP contribution in [0.3, 0.4) is 0 Å². The number of unbranched alkanes of at least 4 members (excludes halogenated alkanes) is 1. The molecule has 0 atom stereocenters. The standard InChI is InChI=1S/C23H27N7O/c1-3-5-9-21-16-29(12-4-2)23(31)30(21)15-20-14-18(10-11-24-20)17-7-6-8-19(13-17)22-25-27-28-26-22/h6-8,10-11,13-14,16H,3-5,9,12,15H2,1-2H3,(H,25,26,27,28). The van der Waals surface area contributed by atoms with Crippen LogP contribution in [0.15, 0.2) is 53.6 Å². The summed E-state index contributed by atoms with van der Waals surface area (Å²) < 4.78 is 3.69. The third kappa shape index (κ3) is 4.63. The van der Waals surface area contributed by atoms with Crippen molar-refractivity contribution in [3.05, 3.63) is 70.7 Å². The highest BCUT2D eigenvalue weighted by Crippen LogP contribution is 2.24. The van der Waals surface area contributed by atoms with Crippen LogP contribution in [0.25, 0.3) is 22.5 Å². The van der Waals surface area contributed by atoms with Crippen molar-refractivity contribution in [1.29, 1.82) is 0 Å². The number of rotatable bonds is 9. The first-order valence-corrected chi connectivity index (χ1v) is 10.8. The Balaban J connectivity index is 1.64. The fourth-order valence-corrected chi connectivity index (χ4v) is 3.74. The van der Waals surface area contributed by atoms with Crippen molar-refractivity contribution in [3.8, 4) is 22.5 Å². The first-order chi connectivity index (χ1) is 15.2. The molecule has 0 aliphatic carbocycles. The van der Waals surface area contributed by atoms with Gasteiger partial charge in [-0.2, -0.15) is 5.21 Å². The average Bonchev–Trinajstić information content (AvgIpc) is 3.43. The molecule has 0 aliphatic heterocycles. The molecule has 0 fully saturated rings. The van der Waals surface area contributed by atoms with Crippen LogP contribution in [0.5, 0.6) is 0 Å². The smallest absolute Gasteiger partial charge is 0.299 e. The maximum Gasteiger partial charge on any atom is 0.328 e. The third-order valence-corrected chi connectivity index (χ3v) is 5.32. The zero-order chi connectivity index (χ0) is 21.6. The van der Waals surface area contributed by atoms with Gasteiger partial charge in [-0.1, -0.05) is 38.5 Å². The Morgan fingerprint density at radius 1 is 1.03 bits per heavy atom. The molecule has 8 nitrogen and oxygen atoms in total. The van der Waals surface area contributed by atoms with Gasteiger partial charge in [0, 0.05) is 30.2 Å². The van der Waals surface area contributed by atoms with E-state index in [4.69, 9.17) is 0 Å². The predicted octanol–water partition coefficient (Wildman–Crippen LogP) is 3.69. The molecule has 0 radical (unpaired) electrons. The van der Waals surface area contributed by atoms with Crippen LogP contribution in [0, 0.1) is 0 Å². The lowest BCUT2D eigenvalue weighted by Crippen LogP contribution is -2.25. The molecule has 1 N–H and O–H groups in total. The minimum Gasteiger partial charge on any atom is -0.299 e. The van der Waals surface area contributed by atoms with Crippen molar-refractivity contribution in [2.75, 3.05) is 0 Å². The van der Waals surface area contributed by atoms with Crippen molar-refractivity contribution in [2.45, 2.75) is 52.6 Å². The first kappa shape index (κ1) is 20.7. The molecule has 0 spiro atoms. The van der Waals surface area contributed by atoms with E-state index in [1.54, 1.807) is 6.20 Å². The highest BCUT2D eigenvalue weighted by Gasteiger charge is 2.13. The van der Waals surface area contributed by atoms with E-state index in [2.05, 4.69) is 39.5 Å². The quantitative estimate of drug-likeness (QED) is 0.448. The van der Waals surface area contributed by atoms with Crippen molar-refractivity contribution in [2.24, 2.45) is 0 Å². The van der Waals surface area contributed by atoms with Crippen molar-refractivity contribution >= 4 is 0 Å². The summed E-state index contributed by atoms with van der Waals surface area (Å²) >= 11 is 0. The number of imidazole rings is 1. The summed E-state index contributed by atoms with van der Waals surface area (Å²) in [6, 6.07) is 12.0. The lowest BCUT2D eigenvalue weighted by atomic mass is 10.0. The molecule has 0 bridgehead atoms. The van der Waals surface area contributed by atoms with E-state index in [0.717, 1.165) is 60.3 Å². The molecule has 4 rings (SSSR count). The summed E-state index contributed by atoms with van der Waals surface area (Å²) in [5, 5.41) is 14.2. The second-order valence-corrected chi connectivity index (χ2v) is 7.64. The fourth-order valence-electron chi connectivity index (χ4n) is 3.74. The van der Waals surface area contributed by atoms with Gasteiger partial charge in [-0.05, 0) is 53.8 Å². The summed E-state index contributed by atoms with van der Waals surface area (Å²) in [5.41, 5.74) is 4.93. The number of hydrogen-bond acceptors (Lipinski definition) is 5. The molecule has 3 aromatic heterocycles. The van der Waals surface area contributed by atoms with Crippen LogP contribution in [-0.4, -0.2) is 34.7 Å². The van der Waals surface area contributed by atoms with Gasteiger partial charge in [0.1, 0.15) is 0 Å². The van der Waals surface area contributed by atoms with Crippen LogP contribution in [0.4, 0.5) is 0 Å². The van der Waals surface area contributed by atoms with Crippen LogP contribution in [-0.2, 0) is 19.5 Å². The largest absolute Gasteiger partial charge is 0.328 e. The number of nitrogens with zero attached hydrogens (tertiary/aromatic N) is 6. The van der Waals surface area contributed by atoms with Gasteiger partial charge in [0.2, 0.25) is 5.82 Å². The maximum absolute atomic E-state index is 13.0. The van der Waals surface area contributed by atoms with E-state index in [9.17, 15) is 4.79 Å². The van der Waals surface area contributed by atoms with Gasteiger partial charge in [-0.3, -0.25) is 14.1 Å². The fraction of sp³-hybridized carbons (Fsp3) is 0.348. The molecule has 160 valence electrons. The van der Waals surface area contributed by atoms with Crippen molar-refractivity contribution in [1.82, 2.24) is 34.7 Å². The molecule has 0 saturated heterocycles. The summed E-state index contributed by atoms with van der Waals surface area (Å²) in [7, 11) is 0. The molecule has 8 heteroatoms. The molecule has 1 aromatic carbocycles. The van der Waals surface area contributed by atoms with Crippen LogP contribution < -0.4 is 5.69 Å². The molecular formula is C23H27N7O. The van der Waals surface area contributed by atoms with Gasteiger partial charge in [0.05, 0.1) is 12.2 Å². The van der Waals surface area contributed by atoms with Crippen LogP contribution >= 0.6 is 0 Å². The lowest BCUT2D eigenvalue weighted by Gasteiger charge is -2.09.